The van der Waals surface area contributed by atoms with Gasteiger partial charge in [0.1, 0.15) is 4.88 Å². The summed E-state index contributed by atoms with van der Waals surface area (Å²) in [4.78, 5) is 13.6. The summed E-state index contributed by atoms with van der Waals surface area (Å²) in [5.41, 5.74) is 2.51. The summed E-state index contributed by atoms with van der Waals surface area (Å²) in [6, 6.07) is 9.58. The number of carbonyl (C=O) groups is 1. The van der Waals surface area contributed by atoms with Crippen molar-refractivity contribution < 1.29 is 4.79 Å². The molecule has 7 heteroatoms. The first-order valence-corrected chi connectivity index (χ1v) is 8.76. The quantitative estimate of drug-likeness (QED) is 0.480. The SMILES string of the molecule is O=C(NN=Cc1cccs1)c1sc2cc(Br)ccc2c1Cl. The molecule has 2 heterocycles. The summed E-state index contributed by atoms with van der Waals surface area (Å²) in [6.45, 7) is 0. The molecule has 0 aliphatic carbocycles. The third kappa shape index (κ3) is 3.18. The van der Waals surface area contributed by atoms with E-state index < -0.39 is 0 Å². The van der Waals surface area contributed by atoms with Crippen molar-refractivity contribution in [2.45, 2.75) is 0 Å². The number of amides is 1. The van der Waals surface area contributed by atoms with Crippen molar-refractivity contribution in [1.82, 2.24) is 5.43 Å². The number of fused-ring (bicyclic) bond motifs is 1. The molecule has 1 amide bonds. The number of carbonyl (C=O) groups excluding carboxylic acids is 1. The Morgan fingerprint density at radius 2 is 2.24 bits per heavy atom. The molecular weight excluding hydrogens is 392 g/mol. The van der Waals surface area contributed by atoms with Gasteiger partial charge in [-0.2, -0.15) is 5.10 Å². The van der Waals surface area contributed by atoms with E-state index in [0.717, 1.165) is 19.4 Å². The number of halogens is 2. The smallest absolute Gasteiger partial charge is 0.266 e. The number of hydrazone groups is 1. The van der Waals surface area contributed by atoms with Crippen LogP contribution >= 0.6 is 50.2 Å². The van der Waals surface area contributed by atoms with Gasteiger partial charge >= 0.3 is 0 Å². The minimum atomic E-state index is -0.301. The highest BCUT2D eigenvalue weighted by Gasteiger charge is 2.16. The van der Waals surface area contributed by atoms with Crippen LogP contribution in [0.2, 0.25) is 5.02 Å². The maximum atomic E-state index is 12.1. The first-order valence-electron chi connectivity index (χ1n) is 5.89. The predicted octanol–water partition coefficient (Wildman–Crippen LogP) is 5.14. The third-order valence-corrected chi connectivity index (χ3v) is 5.65. The molecule has 3 rings (SSSR count). The van der Waals surface area contributed by atoms with Gasteiger partial charge in [0.05, 0.1) is 11.2 Å². The van der Waals surface area contributed by atoms with Gasteiger partial charge in [-0.1, -0.05) is 39.7 Å². The molecule has 0 aliphatic heterocycles. The van der Waals surface area contributed by atoms with E-state index in [0.29, 0.717) is 9.90 Å². The van der Waals surface area contributed by atoms with Crippen LogP contribution in [-0.2, 0) is 0 Å². The van der Waals surface area contributed by atoms with Gasteiger partial charge in [0.2, 0.25) is 0 Å². The van der Waals surface area contributed by atoms with Crippen LogP contribution in [0.25, 0.3) is 10.1 Å². The van der Waals surface area contributed by atoms with Crippen LogP contribution in [0.4, 0.5) is 0 Å². The normalized spacial score (nSPS) is 11.3. The topological polar surface area (TPSA) is 41.5 Å². The molecule has 0 aliphatic rings. The van der Waals surface area contributed by atoms with Crippen LogP contribution in [0.15, 0.2) is 45.3 Å². The van der Waals surface area contributed by atoms with E-state index in [9.17, 15) is 4.79 Å². The lowest BCUT2D eigenvalue weighted by molar-refractivity contribution is 0.0959. The predicted molar refractivity (Wildman–Crippen MR) is 93.9 cm³/mol. The Morgan fingerprint density at radius 1 is 1.38 bits per heavy atom. The number of hydrogen-bond acceptors (Lipinski definition) is 4. The summed E-state index contributed by atoms with van der Waals surface area (Å²) in [5.74, 6) is -0.301. The van der Waals surface area contributed by atoms with Gasteiger partial charge < -0.3 is 0 Å². The van der Waals surface area contributed by atoms with Crippen LogP contribution in [0.5, 0.6) is 0 Å². The average molecular weight is 400 g/mol. The summed E-state index contributed by atoms with van der Waals surface area (Å²) in [5, 5.41) is 7.23. The molecule has 3 nitrogen and oxygen atoms in total. The van der Waals surface area contributed by atoms with Crippen molar-refractivity contribution in [3.05, 3.63) is 55.0 Å². The highest BCUT2D eigenvalue weighted by Crippen LogP contribution is 2.36. The Hall–Kier alpha value is -1.21. The van der Waals surface area contributed by atoms with Gasteiger partial charge in [0, 0.05) is 19.4 Å². The van der Waals surface area contributed by atoms with Gasteiger partial charge in [0.25, 0.3) is 5.91 Å². The minimum absolute atomic E-state index is 0.301. The molecule has 0 unspecified atom stereocenters. The van der Waals surface area contributed by atoms with E-state index in [4.69, 9.17) is 11.6 Å². The Bertz CT molecular complexity index is 827. The van der Waals surface area contributed by atoms with Crippen LogP contribution in [0.1, 0.15) is 14.5 Å². The zero-order valence-electron chi connectivity index (χ0n) is 10.5. The van der Waals surface area contributed by atoms with E-state index in [1.807, 2.05) is 35.7 Å². The van der Waals surface area contributed by atoms with E-state index in [2.05, 4.69) is 26.5 Å². The van der Waals surface area contributed by atoms with E-state index in [1.165, 1.54) is 11.3 Å². The Labute approximate surface area is 142 Å². The summed E-state index contributed by atoms with van der Waals surface area (Å²) >= 11 is 12.6. The monoisotopic (exact) mass is 398 g/mol. The zero-order valence-corrected chi connectivity index (χ0v) is 14.4. The summed E-state index contributed by atoms with van der Waals surface area (Å²) in [6.07, 6.45) is 1.61. The van der Waals surface area contributed by atoms with E-state index in [1.54, 1.807) is 17.6 Å². The zero-order chi connectivity index (χ0) is 14.8. The van der Waals surface area contributed by atoms with Crippen molar-refractivity contribution in [1.29, 1.82) is 0 Å². The number of hydrogen-bond donors (Lipinski definition) is 1. The molecule has 2 aromatic heterocycles. The number of nitrogens with zero attached hydrogens (tertiary/aromatic N) is 1. The van der Waals surface area contributed by atoms with Crippen molar-refractivity contribution >= 4 is 72.4 Å². The van der Waals surface area contributed by atoms with Crippen LogP contribution in [-0.4, -0.2) is 12.1 Å². The molecule has 21 heavy (non-hydrogen) atoms. The van der Waals surface area contributed by atoms with E-state index >= 15 is 0 Å². The molecule has 0 radical (unpaired) electrons. The van der Waals surface area contributed by atoms with Crippen LogP contribution in [0, 0.1) is 0 Å². The van der Waals surface area contributed by atoms with Gasteiger partial charge in [0.15, 0.2) is 0 Å². The molecule has 1 aromatic carbocycles. The highest BCUT2D eigenvalue weighted by molar-refractivity contribution is 9.10. The highest BCUT2D eigenvalue weighted by atomic mass is 79.9. The first kappa shape index (κ1) is 14.7. The molecule has 0 saturated carbocycles. The average Bonchev–Trinajstić information content (AvgIpc) is 3.07. The van der Waals surface area contributed by atoms with Gasteiger partial charge in [-0.15, -0.1) is 22.7 Å². The molecule has 0 bridgehead atoms. The molecule has 106 valence electrons. The molecule has 0 saturated heterocycles. The minimum Gasteiger partial charge on any atom is -0.266 e. The second-order valence-electron chi connectivity index (χ2n) is 4.10. The third-order valence-electron chi connectivity index (χ3n) is 2.70. The molecule has 0 spiro atoms. The number of thiophene rings is 2. The molecular formula is C14H8BrClN2OS2. The lowest BCUT2D eigenvalue weighted by atomic mass is 10.2. The summed E-state index contributed by atoms with van der Waals surface area (Å²) < 4.78 is 1.91. The Balaban J connectivity index is 1.83. The largest absolute Gasteiger partial charge is 0.283 e. The van der Waals surface area contributed by atoms with Crippen LogP contribution in [0.3, 0.4) is 0 Å². The fraction of sp³-hybridized carbons (Fsp3) is 0. The summed E-state index contributed by atoms with van der Waals surface area (Å²) in [7, 11) is 0. The van der Waals surface area contributed by atoms with Crippen molar-refractivity contribution in [2.24, 2.45) is 5.10 Å². The van der Waals surface area contributed by atoms with E-state index in [-0.39, 0.29) is 5.91 Å². The van der Waals surface area contributed by atoms with Crippen molar-refractivity contribution in [3.8, 4) is 0 Å². The standard InChI is InChI=1S/C14H8BrClN2OS2/c15-8-3-4-10-11(6-8)21-13(12(10)16)14(19)18-17-7-9-2-1-5-20-9/h1-7H,(H,18,19). The number of rotatable bonds is 3. The van der Waals surface area contributed by atoms with Gasteiger partial charge in [-0.25, -0.2) is 5.43 Å². The molecule has 0 fully saturated rings. The Morgan fingerprint density at radius 3 is 3.00 bits per heavy atom. The fourth-order valence-corrected chi connectivity index (χ4v) is 4.30. The lowest BCUT2D eigenvalue weighted by Crippen LogP contribution is -2.16. The second kappa shape index (κ2) is 6.27. The first-order chi connectivity index (χ1) is 10.1. The molecule has 0 atom stereocenters. The number of nitrogens with one attached hydrogen (secondary N) is 1. The van der Waals surface area contributed by atoms with Crippen molar-refractivity contribution in [2.75, 3.05) is 0 Å². The Kier molecular flexibility index (Phi) is 4.40. The van der Waals surface area contributed by atoms with Gasteiger partial charge in [-0.05, 0) is 23.6 Å². The van der Waals surface area contributed by atoms with Gasteiger partial charge in [-0.3, -0.25) is 4.79 Å². The second-order valence-corrected chi connectivity index (χ2v) is 7.43. The van der Waals surface area contributed by atoms with Crippen molar-refractivity contribution in [3.63, 3.8) is 0 Å². The molecule has 1 N–H and O–H groups in total. The van der Waals surface area contributed by atoms with Crippen LogP contribution < -0.4 is 5.43 Å². The number of benzene rings is 1. The lowest BCUT2D eigenvalue weighted by Gasteiger charge is -1.96. The molecule has 3 aromatic rings. The maximum Gasteiger partial charge on any atom is 0.283 e. The fourth-order valence-electron chi connectivity index (χ4n) is 1.76. The maximum absolute atomic E-state index is 12.1.